The van der Waals surface area contributed by atoms with Crippen molar-refractivity contribution in [2.45, 2.75) is 0 Å². The highest BCUT2D eigenvalue weighted by atomic mass is 16.6. The van der Waals surface area contributed by atoms with E-state index < -0.39 is 16.5 Å². The van der Waals surface area contributed by atoms with Crippen LogP contribution in [0.15, 0.2) is 24.3 Å². The second kappa shape index (κ2) is 3.13. The van der Waals surface area contributed by atoms with Crippen LogP contribution >= 0.6 is 0 Å². The van der Waals surface area contributed by atoms with Gasteiger partial charge in [-0.1, -0.05) is 6.08 Å². The van der Waals surface area contributed by atoms with Gasteiger partial charge in [0.2, 0.25) is 11.6 Å². The smallest absolute Gasteiger partial charge is 0.270 e. The van der Waals surface area contributed by atoms with Crippen LogP contribution in [0.25, 0.3) is 6.08 Å². The zero-order chi connectivity index (χ0) is 11.0. The molecule has 5 heteroatoms. The van der Waals surface area contributed by atoms with Crippen LogP contribution in [0.3, 0.4) is 0 Å². The van der Waals surface area contributed by atoms with E-state index in [2.05, 4.69) is 0 Å². The predicted octanol–water partition coefficient (Wildman–Crippen LogP) is 1.37. The van der Waals surface area contributed by atoms with Gasteiger partial charge in [-0.15, -0.1) is 0 Å². The summed E-state index contributed by atoms with van der Waals surface area (Å²) in [7, 11) is 0. The number of hydrogen-bond donors (Lipinski definition) is 0. The average molecular weight is 203 g/mol. The summed E-state index contributed by atoms with van der Waals surface area (Å²) in [6, 6.07) is 3.87. The first-order valence-electron chi connectivity index (χ1n) is 4.15. The molecule has 15 heavy (non-hydrogen) atoms. The van der Waals surface area contributed by atoms with Gasteiger partial charge >= 0.3 is 0 Å². The maximum Gasteiger partial charge on any atom is 0.270 e. The Morgan fingerprint density at radius 3 is 2.53 bits per heavy atom. The van der Waals surface area contributed by atoms with E-state index in [0.29, 0.717) is 5.56 Å². The monoisotopic (exact) mass is 203 g/mol. The maximum atomic E-state index is 11.4. The molecule has 0 spiro atoms. The van der Waals surface area contributed by atoms with E-state index in [1.54, 1.807) is 0 Å². The van der Waals surface area contributed by atoms with E-state index in [1.807, 2.05) is 0 Å². The standard InChI is InChI=1S/C10H5NO4/c12-9-4-2-6-1-3-7(11(14)15)5-8(6)10(9)13/h1-5H. The zero-order valence-electron chi connectivity index (χ0n) is 7.47. The number of Topliss-reactive ketones (excluding diaryl/α,β-unsaturated/α-hetero) is 1. The Bertz CT molecular complexity index is 516. The van der Waals surface area contributed by atoms with Gasteiger partial charge in [-0.3, -0.25) is 19.7 Å². The van der Waals surface area contributed by atoms with Gasteiger partial charge < -0.3 is 0 Å². The molecule has 0 atom stereocenters. The van der Waals surface area contributed by atoms with Crippen molar-refractivity contribution in [3.05, 3.63) is 45.5 Å². The SMILES string of the molecule is O=C1C=Cc2ccc([N+](=O)[O-])cc2C1=O. The summed E-state index contributed by atoms with van der Waals surface area (Å²) in [5, 5.41) is 10.5. The lowest BCUT2D eigenvalue weighted by molar-refractivity contribution is -0.384. The fourth-order valence-corrected chi connectivity index (χ4v) is 1.37. The number of nitrogens with zero attached hydrogens (tertiary/aromatic N) is 1. The van der Waals surface area contributed by atoms with Crippen molar-refractivity contribution in [3.8, 4) is 0 Å². The van der Waals surface area contributed by atoms with Gasteiger partial charge in [0.15, 0.2) is 0 Å². The molecule has 0 saturated carbocycles. The molecule has 1 aromatic rings. The number of nitro benzene ring substituents is 1. The molecular formula is C10H5NO4. The van der Waals surface area contributed by atoms with Crippen molar-refractivity contribution in [1.29, 1.82) is 0 Å². The number of ketones is 2. The normalized spacial score (nSPS) is 13.9. The molecule has 1 aliphatic carbocycles. The third kappa shape index (κ3) is 1.43. The summed E-state index contributed by atoms with van der Waals surface area (Å²) in [5.74, 6) is -1.35. The maximum absolute atomic E-state index is 11.4. The Balaban J connectivity index is 2.62. The number of allylic oxidation sites excluding steroid dienone is 1. The minimum atomic E-state index is -0.698. The molecule has 0 aromatic heterocycles. The molecule has 1 aromatic carbocycles. The van der Waals surface area contributed by atoms with E-state index in [1.165, 1.54) is 18.2 Å². The van der Waals surface area contributed by atoms with E-state index in [9.17, 15) is 19.7 Å². The molecule has 5 nitrogen and oxygen atoms in total. The topological polar surface area (TPSA) is 77.3 Å². The van der Waals surface area contributed by atoms with Crippen molar-refractivity contribution in [2.24, 2.45) is 0 Å². The van der Waals surface area contributed by atoms with Crippen LogP contribution in [0.1, 0.15) is 15.9 Å². The highest BCUT2D eigenvalue weighted by Crippen LogP contribution is 2.22. The summed E-state index contributed by atoms with van der Waals surface area (Å²) >= 11 is 0. The quantitative estimate of drug-likeness (QED) is 0.392. The molecule has 0 amide bonds. The minimum absolute atomic E-state index is 0.0942. The second-order valence-corrected chi connectivity index (χ2v) is 3.06. The first-order chi connectivity index (χ1) is 7.09. The van der Waals surface area contributed by atoms with Gasteiger partial charge in [0.1, 0.15) is 0 Å². The van der Waals surface area contributed by atoms with Gasteiger partial charge in [0, 0.05) is 17.7 Å². The number of hydrogen-bond acceptors (Lipinski definition) is 4. The molecule has 74 valence electrons. The van der Waals surface area contributed by atoms with E-state index in [0.717, 1.165) is 12.1 Å². The summed E-state index contributed by atoms with van der Waals surface area (Å²) in [6.07, 6.45) is 2.64. The van der Waals surface area contributed by atoms with Crippen LogP contribution in [0.5, 0.6) is 0 Å². The summed E-state index contributed by atoms with van der Waals surface area (Å²) in [5.41, 5.74) is 0.437. The van der Waals surface area contributed by atoms with Gasteiger partial charge in [-0.2, -0.15) is 0 Å². The average Bonchev–Trinajstić information content (AvgIpc) is 2.23. The number of benzene rings is 1. The lowest BCUT2D eigenvalue weighted by Crippen LogP contribution is -2.16. The molecule has 0 fully saturated rings. The molecule has 0 bridgehead atoms. The molecule has 0 heterocycles. The van der Waals surface area contributed by atoms with Crippen molar-refractivity contribution in [2.75, 3.05) is 0 Å². The van der Waals surface area contributed by atoms with Crippen molar-refractivity contribution in [1.82, 2.24) is 0 Å². The molecule has 0 aliphatic heterocycles. The lowest BCUT2D eigenvalue weighted by atomic mass is 9.95. The summed E-state index contributed by atoms with van der Waals surface area (Å²) in [6.45, 7) is 0. The largest absolute Gasteiger partial charge is 0.286 e. The van der Waals surface area contributed by atoms with Crippen LogP contribution in [-0.2, 0) is 4.79 Å². The minimum Gasteiger partial charge on any atom is -0.286 e. The fraction of sp³-hybridized carbons (Fsp3) is 0. The van der Waals surface area contributed by atoms with E-state index >= 15 is 0 Å². The first-order valence-corrected chi connectivity index (χ1v) is 4.15. The third-order valence-corrected chi connectivity index (χ3v) is 2.13. The summed E-state index contributed by atoms with van der Waals surface area (Å²) < 4.78 is 0. The van der Waals surface area contributed by atoms with Crippen molar-refractivity contribution in [3.63, 3.8) is 0 Å². The van der Waals surface area contributed by atoms with Crippen molar-refractivity contribution < 1.29 is 14.5 Å². The van der Waals surface area contributed by atoms with E-state index in [-0.39, 0.29) is 11.3 Å². The molecule has 0 unspecified atom stereocenters. The highest BCUT2D eigenvalue weighted by molar-refractivity contribution is 6.50. The van der Waals surface area contributed by atoms with Crippen LogP contribution < -0.4 is 0 Å². The number of fused-ring (bicyclic) bond motifs is 1. The number of rotatable bonds is 1. The number of carbonyl (C=O) groups is 2. The van der Waals surface area contributed by atoms with E-state index in [4.69, 9.17) is 0 Å². The van der Waals surface area contributed by atoms with Crippen LogP contribution in [0, 0.1) is 10.1 Å². The Hall–Kier alpha value is -2.30. The molecular weight excluding hydrogens is 198 g/mol. The Morgan fingerprint density at radius 1 is 1.13 bits per heavy atom. The van der Waals surface area contributed by atoms with Gasteiger partial charge in [0.05, 0.1) is 4.92 Å². The second-order valence-electron chi connectivity index (χ2n) is 3.06. The summed E-state index contributed by atoms with van der Waals surface area (Å²) in [4.78, 5) is 32.3. The Kier molecular flexibility index (Phi) is 1.93. The lowest BCUT2D eigenvalue weighted by Gasteiger charge is -2.06. The number of nitro groups is 1. The van der Waals surface area contributed by atoms with Crippen LogP contribution in [0.2, 0.25) is 0 Å². The molecule has 0 saturated heterocycles. The van der Waals surface area contributed by atoms with Crippen LogP contribution in [-0.4, -0.2) is 16.5 Å². The highest BCUT2D eigenvalue weighted by Gasteiger charge is 2.22. The van der Waals surface area contributed by atoms with Crippen LogP contribution in [0.4, 0.5) is 5.69 Å². The molecule has 0 N–H and O–H groups in total. The molecule has 1 aliphatic rings. The number of non-ortho nitro benzene ring substituents is 1. The fourth-order valence-electron chi connectivity index (χ4n) is 1.37. The number of carbonyl (C=O) groups excluding carboxylic acids is 2. The Morgan fingerprint density at radius 2 is 1.87 bits per heavy atom. The Labute approximate surface area is 84.2 Å². The van der Waals surface area contributed by atoms with Crippen molar-refractivity contribution >= 4 is 23.3 Å². The first kappa shape index (κ1) is 9.26. The molecule has 2 rings (SSSR count). The van der Waals surface area contributed by atoms with Gasteiger partial charge in [-0.25, -0.2) is 0 Å². The third-order valence-electron chi connectivity index (χ3n) is 2.13. The predicted molar refractivity (Wildman–Crippen MR) is 51.5 cm³/mol. The van der Waals surface area contributed by atoms with Gasteiger partial charge in [-0.05, 0) is 17.7 Å². The molecule has 0 radical (unpaired) electrons. The zero-order valence-corrected chi connectivity index (χ0v) is 7.47. The van der Waals surface area contributed by atoms with Gasteiger partial charge in [0.25, 0.3) is 5.69 Å².